The lowest BCUT2D eigenvalue weighted by Crippen LogP contribution is -2.44. The quantitative estimate of drug-likeness (QED) is 0.695. The lowest BCUT2D eigenvalue weighted by Gasteiger charge is -2.29. The predicted octanol–water partition coefficient (Wildman–Crippen LogP) is 1.47. The molecule has 2 heteroatoms. The highest BCUT2D eigenvalue weighted by Gasteiger charge is 2.33. The summed E-state index contributed by atoms with van der Waals surface area (Å²) in [5.74, 6) is 0.929. The Balaban J connectivity index is 1.92. The second-order valence-corrected chi connectivity index (χ2v) is 4.78. The highest BCUT2D eigenvalue weighted by Crippen LogP contribution is 2.28. The molecule has 2 aliphatic rings. The van der Waals surface area contributed by atoms with Crippen LogP contribution in [-0.2, 0) is 0 Å². The lowest BCUT2D eigenvalue weighted by molar-refractivity contribution is 0.210. The Morgan fingerprint density at radius 2 is 2.08 bits per heavy atom. The van der Waals surface area contributed by atoms with Gasteiger partial charge in [0.25, 0.3) is 0 Å². The molecule has 0 spiro atoms. The normalized spacial score (nSPS) is 41.5. The maximum absolute atomic E-state index is 3.46. The summed E-state index contributed by atoms with van der Waals surface area (Å²) in [6, 6.07) is 1.61. The molecular weight excluding hydrogens is 160 g/mol. The van der Waals surface area contributed by atoms with Crippen molar-refractivity contribution in [3.63, 3.8) is 0 Å². The summed E-state index contributed by atoms with van der Waals surface area (Å²) in [7, 11) is 2.11. The van der Waals surface area contributed by atoms with Gasteiger partial charge in [-0.05, 0) is 38.8 Å². The van der Waals surface area contributed by atoms with E-state index in [1.807, 2.05) is 0 Å². The van der Waals surface area contributed by atoms with Crippen LogP contribution in [-0.4, -0.2) is 37.1 Å². The molecule has 1 aliphatic carbocycles. The summed E-state index contributed by atoms with van der Waals surface area (Å²) in [6.45, 7) is 5.05. The molecule has 2 nitrogen and oxygen atoms in total. The Kier molecular flexibility index (Phi) is 2.89. The Hall–Kier alpha value is -0.0800. The average Bonchev–Trinajstić information content (AvgIpc) is 2.71. The van der Waals surface area contributed by atoms with Crippen LogP contribution in [0.4, 0.5) is 0 Å². The number of rotatable bonds is 2. The molecule has 1 N–H and O–H groups in total. The Bertz CT molecular complexity index is 169. The van der Waals surface area contributed by atoms with E-state index in [1.165, 1.54) is 38.8 Å². The maximum atomic E-state index is 3.46. The van der Waals surface area contributed by atoms with Gasteiger partial charge in [-0.3, -0.25) is 4.90 Å². The zero-order valence-electron chi connectivity index (χ0n) is 8.92. The molecule has 0 aromatic heterocycles. The number of nitrogens with one attached hydrogen (secondary N) is 1. The van der Waals surface area contributed by atoms with E-state index in [4.69, 9.17) is 0 Å². The first-order chi connectivity index (χ1) is 6.31. The van der Waals surface area contributed by atoms with Crippen LogP contribution in [0.3, 0.4) is 0 Å². The van der Waals surface area contributed by atoms with Gasteiger partial charge < -0.3 is 5.32 Å². The minimum atomic E-state index is 0.769. The zero-order valence-corrected chi connectivity index (χ0v) is 8.92. The van der Waals surface area contributed by atoms with E-state index in [2.05, 4.69) is 24.2 Å². The lowest BCUT2D eigenvalue weighted by atomic mass is 10.1. The molecule has 1 heterocycles. The van der Waals surface area contributed by atoms with Crippen LogP contribution in [0, 0.1) is 5.92 Å². The van der Waals surface area contributed by atoms with Crippen molar-refractivity contribution in [1.82, 2.24) is 10.2 Å². The SMILES string of the molecule is CNC1CCCC1N1CCC(C)C1. The van der Waals surface area contributed by atoms with Crippen LogP contribution in [0.15, 0.2) is 0 Å². The summed E-state index contributed by atoms with van der Waals surface area (Å²) in [6.07, 6.45) is 5.62. The van der Waals surface area contributed by atoms with Gasteiger partial charge in [0.15, 0.2) is 0 Å². The van der Waals surface area contributed by atoms with Gasteiger partial charge in [-0.25, -0.2) is 0 Å². The first kappa shape index (κ1) is 9.47. The molecule has 0 aromatic carbocycles. The van der Waals surface area contributed by atoms with E-state index in [1.54, 1.807) is 0 Å². The van der Waals surface area contributed by atoms with Gasteiger partial charge in [-0.2, -0.15) is 0 Å². The smallest absolute Gasteiger partial charge is 0.0249 e. The van der Waals surface area contributed by atoms with Gasteiger partial charge in [-0.15, -0.1) is 0 Å². The monoisotopic (exact) mass is 182 g/mol. The highest BCUT2D eigenvalue weighted by molar-refractivity contribution is 4.92. The van der Waals surface area contributed by atoms with Crippen LogP contribution < -0.4 is 5.32 Å². The fraction of sp³-hybridized carbons (Fsp3) is 1.00. The van der Waals surface area contributed by atoms with Gasteiger partial charge >= 0.3 is 0 Å². The Morgan fingerprint density at radius 1 is 1.23 bits per heavy atom. The van der Waals surface area contributed by atoms with Gasteiger partial charge in [0.2, 0.25) is 0 Å². The second kappa shape index (κ2) is 3.97. The van der Waals surface area contributed by atoms with Crippen molar-refractivity contribution in [2.24, 2.45) is 5.92 Å². The molecule has 2 rings (SSSR count). The first-order valence-corrected chi connectivity index (χ1v) is 5.72. The number of likely N-dealkylation sites (tertiary alicyclic amines) is 1. The minimum absolute atomic E-state index is 0.769. The van der Waals surface area contributed by atoms with Crippen LogP contribution in [0.2, 0.25) is 0 Å². The van der Waals surface area contributed by atoms with Gasteiger partial charge in [-0.1, -0.05) is 13.3 Å². The Morgan fingerprint density at radius 3 is 2.69 bits per heavy atom. The Labute approximate surface area is 81.7 Å². The molecule has 0 bridgehead atoms. The highest BCUT2D eigenvalue weighted by atomic mass is 15.2. The topological polar surface area (TPSA) is 15.3 Å². The largest absolute Gasteiger partial charge is 0.315 e. The fourth-order valence-corrected chi connectivity index (χ4v) is 2.98. The summed E-state index contributed by atoms with van der Waals surface area (Å²) >= 11 is 0. The third-order valence-corrected chi connectivity index (χ3v) is 3.77. The predicted molar refractivity (Wildman–Crippen MR) is 55.8 cm³/mol. The third kappa shape index (κ3) is 1.89. The molecule has 3 atom stereocenters. The van der Waals surface area contributed by atoms with E-state index < -0.39 is 0 Å². The molecule has 1 saturated heterocycles. The summed E-state index contributed by atoms with van der Waals surface area (Å²) in [4.78, 5) is 2.71. The molecular formula is C11H22N2. The van der Waals surface area contributed by atoms with Crippen molar-refractivity contribution in [1.29, 1.82) is 0 Å². The van der Waals surface area contributed by atoms with Crippen LogP contribution in [0.1, 0.15) is 32.6 Å². The van der Waals surface area contributed by atoms with Crippen LogP contribution in [0.5, 0.6) is 0 Å². The van der Waals surface area contributed by atoms with Crippen molar-refractivity contribution in [3.8, 4) is 0 Å². The molecule has 2 fully saturated rings. The van der Waals surface area contributed by atoms with Crippen molar-refractivity contribution < 1.29 is 0 Å². The van der Waals surface area contributed by atoms with E-state index in [0.29, 0.717) is 0 Å². The molecule has 1 saturated carbocycles. The van der Waals surface area contributed by atoms with Gasteiger partial charge in [0.1, 0.15) is 0 Å². The summed E-state index contributed by atoms with van der Waals surface area (Å²) in [5.41, 5.74) is 0. The molecule has 0 radical (unpaired) electrons. The van der Waals surface area contributed by atoms with Gasteiger partial charge in [0, 0.05) is 18.6 Å². The van der Waals surface area contributed by atoms with Gasteiger partial charge in [0.05, 0.1) is 0 Å². The number of nitrogens with zero attached hydrogens (tertiary/aromatic N) is 1. The second-order valence-electron chi connectivity index (χ2n) is 4.78. The zero-order chi connectivity index (χ0) is 9.26. The number of hydrogen-bond acceptors (Lipinski definition) is 2. The van der Waals surface area contributed by atoms with Crippen LogP contribution >= 0.6 is 0 Å². The van der Waals surface area contributed by atoms with E-state index in [9.17, 15) is 0 Å². The van der Waals surface area contributed by atoms with E-state index in [-0.39, 0.29) is 0 Å². The van der Waals surface area contributed by atoms with Crippen LogP contribution in [0.25, 0.3) is 0 Å². The summed E-state index contributed by atoms with van der Waals surface area (Å²) < 4.78 is 0. The molecule has 1 aliphatic heterocycles. The van der Waals surface area contributed by atoms with Crippen molar-refractivity contribution >= 4 is 0 Å². The van der Waals surface area contributed by atoms with E-state index >= 15 is 0 Å². The van der Waals surface area contributed by atoms with Crippen molar-refractivity contribution in [2.45, 2.75) is 44.7 Å². The van der Waals surface area contributed by atoms with Crippen molar-refractivity contribution in [2.75, 3.05) is 20.1 Å². The standard InChI is InChI=1S/C11H22N2/c1-9-6-7-13(8-9)11-5-3-4-10(11)12-2/h9-12H,3-8H2,1-2H3. The fourth-order valence-electron chi connectivity index (χ4n) is 2.98. The molecule has 0 amide bonds. The molecule has 0 aromatic rings. The van der Waals surface area contributed by atoms with Crippen molar-refractivity contribution in [3.05, 3.63) is 0 Å². The van der Waals surface area contributed by atoms with E-state index in [0.717, 1.165) is 18.0 Å². The molecule has 3 unspecified atom stereocenters. The third-order valence-electron chi connectivity index (χ3n) is 3.77. The minimum Gasteiger partial charge on any atom is -0.315 e. The first-order valence-electron chi connectivity index (χ1n) is 5.72. The number of likely N-dealkylation sites (N-methyl/N-ethyl adjacent to an activating group) is 1. The molecule has 76 valence electrons. The average molecular weight is 182 g/mol. The maximum Gasteiger partial charge on any atom is 0.0249 e. The molecule has 13 heavy (non-hydrogen) atoms. The number of hydrogen-bond donors (Lipinski definition) is 1. The summed E-state index contributed by atoms with van der Waals surface area (Å²) in [5, 5.41) is 3.46.